The molecule has 8 N–H and O–H groups in total. The lowest BCUT2D eigenvalue weighted by Crippen LogP contribution is -2.64. The van der Waals surface area contributed by atoms with Crippen LogP contribution in [0.4, 0.5) is 25.2 Å². The van der Waals surface area contributed by atoms with Crippen molar-refractivity contribution in [2.45, 2.75) is 162 Å². The normalized spacial score (nSPS) is 21.0. The lowest BCUT2D eigenvalue weighted by Gasteiger charge is -2.69. The van der Waals surface area contributed by atoms with E-state index in [1.54, 1.807) is 47.5 Å². The predicted octanol–water partition coefficient (Wildman–Crippen LogP) is 10.9. The molecule has 0 radical (unpaired) electrons. The molecule has 4 saturated carbocycles. The van der Waals surface area contributed by atoms with E-state index in [2.05, 4.69) is 34.8 Å². The van der Waals surface area contributed by atoms with Crippen LogP contribution in [0.5, 0.6) is 0 Å². The Morgan fingerprint density at radius 3 is 2.26 bits per heavy atom. The Morgan fingerprint density at radius 1 is 0.835 bits per heavy atom. The number of thiazole rings is 1. The number of imide groups is 1. The monoisotopic (exact) mass is 1450 g/mol. The molecule has 28 heteroatoms. The van der Waals surface area contributed by atoms with Crippen LogP contribution in [0.15, 0.2) is 97.2 Å². The Labute approximate surface area is 602 Å². The highest BCUT2D eigenvalue weighted by atomic mass is 32.1. The number of nitrogens with zero attached hydrogens (tertiary/aromatic N) is 7. The van der Waals surface area contributed by atoms with Crippen molar-refractivity contribution in [3.05, 3.63) is 125 Å². The van der Waals surface area contributed by atoms with Crippen molar-refractivity contribution in [3.8, 4) is 22.4 Å². The third kappa shape index (κ3) is 18.5. The SMILES string of the molecule is Cc1c(-c2ccc(-c3ccc4c(c3)N(C(=O)Nc3nc5ccccc5s3)CCC4)nc2C(=O)O)cnn1CC12CC3(C)CC(C)(C1)CC(OCCN(CCP(=O)(O)O)C(=O)OCc1ccc(CC(=O)[C@H](CCCNC(N)=O)NC(=O)[C@@H](CC(=O)CCCCCN4C(=O)C=CC4=O)C(C)C)cc1)(C3)C2. The van der Waals surface area contributed by atoms with Crippen LogP contribution in [-0.2, 0) is 64.0 Å². The number of aromatic carboxylic acids is 1. The first-order chi connectivity index (χ1) is 49.0. The third-order valence-electron chi connectivity index (χ3n) is 20.8. The smallest absolute Gasteiger partial charge is 0.410 e. The lowest BCUT2D eigenvalue weighted by atomic mass is 9.39. The molecule has 3 aromatic heterocycles. The maximum atomic E-state index is 14.0. The second-order valence-corrected chi connectivity index (χ2v) is 32.7. The van der Waals surface area contributed by atoms with E-state index < -0.39 is 55.3 Å². The minimum absolute atomic E-state index is 0.0199. The van der Waals surface area contributed by atoms with Gasteiger partial charge in [0.05, 0.1) is 46.5 Å². The van der Waals surface area contributed by atoms with Crippen LogP contribution in [0.1, 0.15) is 150 Å². The number of ketones is 2. The second kappa shape index (κ2) is 31.5. The van der Waals surface area contributed by atoms with Crippen molar-refractivity contribution >= 4 is 93.4 Å². The summed E-state index contributed by atoms with van der Waals surface area (Å²) in [5.74, 6) is -3.81. The predicted molar refractivity (Wildman–Crippen MR) is 387 cm³/mol. The molecule has 8 amide bonds. The molecular formula is C75H92N11O15PS. The highest BCUT2D eigenvalue weighted by Crippen LogP contribution is 2.72. The van der Waals surface area contributed by atoms with Gasteiger partial charge in [0, 0.05) is 105 Å². The Bertz CT molecular complexity index is 4250. The van der Waals surface area contributed by atoms with E-state index in [-0.39, 0.29) is 122 Å². The average Bonchev–Trinajstić information content (AvgIpc) is 0.978. The Morgan fingerprint density at radius 2 is 1.56 bits per heavy atom. The van der Waals surface area contributed by atoms with Gasteiger partial charge in [-0.2, -0.15) is 5.10 Å². The van der Waals surface area contributed by atoms with E-state index in [1.165, 1.54) is 28.4 Å². The quantitative estimate of drug-likeness (QED) is 0.0114. The van der Waals surface area contributed by atoms with Gasteiger partial charge in [0.1, 0.15) is 12.4 Å². The number of anilines is 2. The molecular weight excluding hydrogens is 1360 g/mol. The zero-order valence-electron chi connectivity index (χ0n) is 59.0. The lowest BCUT2D eigenvalue weighted by molar-refractivity contribution is -0.248. The van der Waals surface area contributed by atoms with Crippen LogP contribution >= 0.6 is 18.9 Å². The number of primary amides is 1. The van der Waals surface area contributed by atoms with Crippen molar-refractivity contribution < 1.29 is 72.1 Å². The summed E-state index contributed by atoms with van der Waals surface area (Å²) in [6, 6.07) is 21.8. The summed E-state index contributed by atoms with van der Waals surface area (Å²) in [4.78, 5) is 151. The molecule has 4 aliphatic carbocycles. The summed E-state index contributed by atoms with van der Waals surface area (Å²) in [5, 5.41) is 24.5. The maximum Gasteiger partial charge on any atom is 0.410 e. The number of ether oxygens (including phenoxy) is 2. The number of benzene rings is 3. The van der Waals surface area contributed by atoms with E-state index in [1.807, 2.05) is 67.9 Å². The number of amides is 8. The van der Waals surface area contributed by atoms with Crippen LogP contribution in [0, 0.1) is 35.0 Å². The Hall–Kier alpha value is -9.01. The van der Waals surface area contributed by atoms with E-state index in [4.69, 9.17) is 25.3 Å². The summed E-state index contributed by atoms with van der Waals surface area (Å²) in [6.45, 7) is 11.2. The highest BCUT2D eigenvalue weighted by Gasteiger charge is 2.66. The molecule has 0 spiro atoms. The van der Waals surface area contributed by atoms with Crippen molar-refractivity contribution in [1.29, 1.82) is 0 Å². The van der Waals surface area contributed by atoms with Crippen LogP contribution in [0.2, 0.25) is 0 Å². The summed E-state index contributed by atoms with van der Waals surface area (Å²) in [7, 11) is -4.56. The number of hydrogen-bond acceptors (Lipinski definition) is 16. The van der Waals surface area contributed by atoms with E-state index in [9.17, 15) is 62.6 Å². The van der Waals surface area contributed by atoms with Gasteiger partial charge in [-0.15, -0.1) is 0 Å². The van der Waals surface area contributed by atoms with Gasteiger partial charge in [-0.1, -0.05) is 94.0 Å². The van der Waals surface area contributed by atoms with Gasteiger partial charge in [-0.25, -0.2) is 29.1 Å². The minimum Gasteiger partial charge on any atom is -0.476 e. The van der Waals surface area contributed by atoms with Crippen molar-refractivity contribution in [1.82, 2.24) is 40.2 Å². The number of pyridine rings is 1. The van der Waals surface area contributed by atoms with Gasteiger partial charge in [-0.05, 0) is 153 Å². The molecule has 2 unspecified atom stereocenters. The number of nitrogens with two attached hydrogens (primary N) is 1. The number of aromatic nitrogens is 4. The molecule has 4 bridgehead atoms. The number of rotatable bonds is 33. The zero-order chi connectivity index (χ0) is 73.6. The standard InChI is InChI=1S/C75H92N11O15PS/c1-47(2)55(37-53(87)14-7-6-10-29-85-63(89)26-27-64(85)90)66(91)80-58(16-11-28-77-68(76)94)61(88)35-49-18-20-50(21-19-49)39-100-71(96)83(32-34-102(97,98)99)31-33-101-75-43-72(4)40-73(5,44-75)42-74(41-72,45-75)46-86-48(3)56(38-78-86)54-24-25-57(79-65(54)67(92)93)52-23-22-51-13-12-30-84(60(51)36-52)70(95)82-69-81-59-15-8-9-17-62(59)103-69/h8-9,15,17-27,36,38,47,55,58H,6-7,10-14,16,28-35,37,39-46H2,1-5H3,(H,80,91)(H,92,93)(H3,76,77,94)(H,81,82,95)(H2,97,98,99)/t55-,58-,72?,73?,74?,75?/m0/s1. The van der Waals surface area contributed by atoms with Gasteiger partial charge >= 0.3 is 31.7 Å². The molecule has 2 aliphatic heterocycles. The first-order valence-electron chi connectivity index (χ1n) is 35.4. The molecule has 548 valence electrons. The molecule has 6 aromatic rings. The number of fused-ring (bicyclic) bond motifs is 2. The fourth-order valence-electron chi connectivity index (χ4n) is 17.1. The molecule has 4 atom stereocenters. The number of urea groups is 2. The van der Waals surface area contributed by atoms with Gasteiger partial charge in [-0.3, -0.25) is 48.3 Å². The number of unbranched alkanes of at least 4 members (excludes halogenated alkanes) is 2. The Kier molecular flexibility index (Phi) is 23.0. The number of carbonyl (C=O) groups excluding carboxylic acids is 8. The first-order valence-corrected chi connectivity index (χ1v) is 38.0. The topological polar surface area (TPSA) is 365 Å². The second-order valence-electron chi connectivity index (χ2n) is 29.9. The summed E-state index contributed by atoms with van der Waals surface area (Å²) >= 11 is 1.40. The fourth-order valence-corrected chi connectivity index (χ4v) is 18.5. The van der Waals surface area contributed by atoms with E-state index in [0.29, 0.717) is 83.8 Å². The third-order valence-corrected chi connectivity index (χ3v) is 22.6. The Balaban J connectivity index is 0.702. The van der Waals surface area contributed by atoms with Gasteiger partial charge < -0.3 is 45.6 Å². The highest BCUT2D eigenvalue weighted by molar-refractivity contribution is 7.51. The number of hydrogen-bond donors (Lipinski definition) is 7. The number of para-hydroxylation sites is 1. The number of nitrogens with one attached hydrogen (secondary N) is 3. The fraction of sp³-hybridized carbons (Fsp3) is 0.493. The number of carboxylic acids is 1. The molecule has 12 rings (SSSR count). The van der Waals surface area contributed by atoms with Crippen LogP contribution in [0.25, 0.3) is 32.6 Å². The van der Waals surface area contributed by atoms with Gasteiger partial charge in [0.2, 0.25) is 5.91 Å². The molecule has 3 aromatic carbocycles. The minimum atomic E-state index is -4.56. The number of carbonyl (C=O) groups is 9. The first kappa shape index (κ1) is 75.2. The molecule has 4 fully saturated rings. The molecule has 26 nitrogen and oxygen atoms in total. The van der Waals surface area contributed by atoms with Crippen LogP contribution < -0.4 is 26.6 Å². The molecule has 103 heavy (non-hydrogen) atoms. The maximum absolute atomic E-state index is 14.0. The van der Waals surface area contributed by atoms with Gasteiger partial charge in [0.25, 0.3) is 11.8 Å². The average molecular weight is 1450 g/mol. The number of carboxylic acid groups (broad SMARTS) is 1. The van der Waals surface area contributed by atoms with Crippen molar-refractivity contribution in [2.75, 3.05) is 55.7 Å². The number of Topliss-reactive ketones (excluding diaryl/α,β-unsaturated/α-hetero) is 2. The molecule has 6 aliphatic rings. The van der Waals surface area contributed by atoms with Crippen molar-refractivity contribution in [2.24, 2.45) is 33.8 Å². The molecule has 5 heterocycles. The zero-order valence-corrected chi connectivity index (χ0v) is 60.7. The molecule has 0 saturated heterocycles. The van der Waals surface area contributed by atoms with Crippen LogP contribution in [0.3, 0.4) is 0 Å². The summed E-state index contributed by atoms with van der Waals surface area (Å²) in [5.41, 5.74) is 10.7. The van der Waals surface area contributed by atoms with Gasteiger partial charge in [0.15, 0.2) is 16.6 Å². The van der Waals surface area contributed by atoms with E-state index in [0.717, 1.165) is 77.0 Å². The van der Waals surface area contributed by atoms with E-state index >= 15 is 0 Å². The number of aryl methyl sites for hydroxylation is 1. The largest absolute Gasteiger partial charge is 0.476 e. The van der Waals surface area contributed by atoms with Crippen molar-refractivity contribution in [3.63, 3.8) is 0 Å². The van der Waals surface area contributed by atoms with Crippen LogP contribution in [-0.4, -0.2) is 155 Å². The summed E-state index contributed by atoms with van der Waals surface area (Å²) < 4.78 is 28.0. The summed E-state index contributed by atoms with van der Waals surface area (Å²) in [6.07, 6.45) is 11.5.